The highest BCUT2D eigenvalue weighted by Gasteiger charge is 2.36. The number of ether oxygens (including phenoxy) is 2. The Hall–Kier alpha value is -3.55. The van der Waals surface area contributed by atoms with E-state index < -0.39 is 5.92 Å². The highest BCUT2D eigenvalue weighted by atomic mass is 16.5. The number of methoxy groups -OCH3 is 2. The summed E-state index contributed by atoms with van der Waals surface area (Å²) in [6, 6.07) is 12.0. The zero-order chi connectivity index (χ0) is 21.0. The third-order valence-electron chi connectivity index (χ3n) is 4.62. The van der Waals surface area contributed by atoms with Crippen molar-refractivity contribution in [3.63, 3.8) is 0 Å². The van der Waals surface area contributed by atoms with Crippen LogP contribution < -0.4 is 25.0 Å². The predicted molar refractivity (Wildman–Crippen MR) is 109 cm³/mol. The molecule has 8 nitrogen and oxygen atoms in total. The van der Waals surface area contributed by atoms with Gasteiger partial charge in [-0.3, -0.25) is 14.4 Å². The molecular formula is C21H23N3O5. The van der Waals surface area contributed by atoms with Crippen molar-refractivity contribution < 1.29 is 23.9 Å². The van der Waals surface area contributed by atoms with Crippen molar-refractivity contribution >= 4 is 34.8 Å². The lowest BCUT2D eigenvalue weighted by molar-refractivity contribution is -0.122. The van der Waals surface area contributed by atoms with Crippen LogP contribution in [-0.4, -0.2) is 38.5 Å². The Morgan fingerprint density at radius 2 is 1.76 bits per heavy atom. The standard InChI is InChI=1S/C21H23N3O5/c1-13(25)22-15-5-4-6-16(10-15)23-21(27)14-9-20(26)24(12-14)18-11-17(28-2)7-8-19(18)29-3/h4-8,10-11,14H,9,12H2,1-3H3,(H,22,25)(H,23,27)/t14-/m1/s1. The number of hydrogen-bond donors (Lipinski definition) is 2. The van der Waals surface area contributed by atoms with Crippen LogP contribution >= 0.6 is 0 Å². The molecule has 1 fully saturated rings. The summed E-state index contributed by atoms with van der Waals surface area (Å²) >= 11 is 0. The van der Waals surface area contributed by atoms with Crippen LogP contribution in [0.2, 0.25) is 0 Å². The Balaban J connectivity index is 1.73. The van der Waals surface area contributed by atoms with Gasteiger partial charge in [0, 0.05) is 37.3 Å². The average Bonchev–Trinajstić information content (AvgIpc) is 3.09. The molecule has 0 aromatic heterocycles. The number of carbonyl (C=O) groups excluding carboxylic acids is 3. The van der Waals surface area contributed by atoms with Crippen molar-refractivity contribution in [1.82, 2.24) is 0 Å². The van der Waals surface area contributed by atoms with Crippen LogP contribution in [0.25, 0.3) is 0 Å². The highest BCUT2D eigenvalue weighted by Crippen LogP contribution is 2.36. The second-order valence-electron chi connectivity index (χ2n) is 6.69. The van der Waals surface area contributed by atoms with Crippen molar-refractivity contribution in [3.05, 3.63) is 42.5 Å². The highest BCUT2D eigenvalue weighted by molar-refractivity contribution is 6.04. The number of hydrogen-bond acceptors (Lipinski definition) is 5. The SMILES string of the molecule is COc1ccc(OC)c(N2C[C@H](C(=O)Nc3cccc(NC(C)=O)c3)CC2=O)c1. The van der Waals surface area contributed by atoms with E-state index in [-0.39, 0.29) is 30.7 Å². The van der Waals surface area contributed by atoms with Gasteiger partial charge in [0.25, 0.3) is 0 Å². The Bertz CT molecular complexity index is 944. The quantitative estimate of drug-likeness (QED) is 0.781. The topological polar surface area (TPSA) is 97.0 Å². The van der Waals surface area contributed by atoms with E-state index in [4.69, 9.17) is 9.47 Å². The van der Waals surface area contributed by atoms with Crippen molar-refractivity contribution in [2.45, 2.75) is 13.3 Å². The first-order chi connectivity index (χ1) is 13.9. The Labute approximate surface area is 168 Å². The smallest absolute Gasteiger partial charge is 0.229 e. The van der Waals surface area contributed by atoms with Gasteiger partial charge in [-0.1, -0.05) is 6.07 Å². The van der Waals surface area contributed by atoms with Crippen LogP contribution in [0.15, 0.2) is 42.5 Å². The molecule has 3 amide bonds. The second kappa shape index (κ2) is 8.64. The molecule has 0 saturated carbocycles. The number of amides is 3. The van der Waals surface area contributed by atoms with E-state index in [1.165, 1.54) is 14.0 Å². The lowest BCUT2D eigenvalue weighted by atomic mass is 10.1. The van der Waals surface area contributed by atoms with Crippen LogP contribution in [0.4, 0.5) is 17.1 Å². The van der Waals surface area contributed by atoms with Crippen LogP contribution in [0.5, 0.6) is 11.5 Å². The van der Waals surface area contributed by atoms with Gasteiger partial charge >= 0.3 is 0 Å². The van der Waals surface area contributed by atoms with Crippen molar-refractivity contribution in [1.29, 1.82) is 0 Å². The van der Waals surface area contributed by atoms with Crippen LogP contribution in [0, 0.1) is 5.92 Å². The van der Waals surface area contributed by atoms with Gasteiger partial charge in [0.15, 0.2) is 0 Å². The predicted octanol–water partition coefficient (Wildman–Crippen LogP) is 2.65. The first kappa shape index (κ1) is 20.2. The van der Waals surface area contributed by atoms with Crippen molar-refractivity contribution in [2.24, 2.45) is 5.92 Å². The molecule has 1 saturated heterocycles. The van der Waals surface area contributed by atoms with E-state index in [2.05, 4.69) is 10.6 Å². The molecule has 2 N–H and O–H groups in total. The number of nitrogens with zero attached hydrogens (tertiary/aromatic N) is 1. The maximum absolute atomic E-state index is 12.7. The van der Waals surface area contributed by atoms with Gasteiger partial charge in [-0.25, -0.2) is 0 Å². The maximum Gasteiger partial charge on any atom is 0.229 e. The molecule has 0 radical (unpaired) electrons. The molecule has 0 spiro atoms. The third kappa shape index (κ3) is 4.66. The molecule has 29 heavy (non-hydrogen) atoms. The van der Waals surface area contributed by atoms with Gasteiger partial charge in [0.1, 0.15) is 11.5 Å². The zero-order valence-corrected chi connectivity index (χ0v) is 16.5. The normalized spacial score (nSPS) is 15.8. The van der Waals surface area contributed by atoms with Gasteiger partial charge in [0.2, 0.25) is 17.7 Å². The Morgan fingerprint density at radius 3 is 2.41 bits per heavy atom. The number of nitrogens with one attached hydrogen (secondary N) is 2. The number of benzene rings is 2. The minimum Gasteiger partial charge on any atom is -0.497 e. The molecule has 0 unspecified atom stereocenters. The van der Waals surface area contributed by atoms with E-state index >= 15 is 0 Å². The van der Waals surface area contributed by atoms with Gasteiger partial charge in [-0.2, -0.15) is 0 Å². The fourth-order valence-electron chi connectivity index (χ4n) is 3.25. The lowest BCUT2D eigenvalue weighted by Crippen LogP contribution is -2.28. The second-order valence-corrected chi connectivity index (χ2v) is 6.69. The first-order valence-corrected chi connectivity index (χ1v) is 9.12. The van der Waals surface area contributed by atoms with Crippen molar-refractivity contribution in [3.8, 4) is 11.5 Å². The van der Waals surface area contributed by atoms with E-state index in [9.17, 15) is 14.4 Å². The number of rotatable bonds is 6. The maximum atomic E-state index is 12.7. The summed E-state index contributed by atoms with van der Waals surface area (Å²) in [5.41, 5.74) is 1.70. The Kier molecular flexibility index (Phi) is 6.01. The molecule has 3 rings (SSSR count). The fourth-order valence-corrected chi connectivity index (χ4v) is 3.25. The summed E-state index contributed by atoms with van der Waals surface area (Å²) in [7, 11) is 3.07. The summed E-state index contributed by atoms with van der Waals surface area (Å²) in [5.74, 6) is -0.00790. The van der Waals surface area contributed by atoms with Gasteiger partial charge in [0.05, 0.1) is 25.8 Å². The summed E-state index contributed by atoms with van der Waals surface area (Å²) in [6.45, 7) is 1.65. The van der Waals surface area contributed by atoms with Crippen LogP contribution in [-0.2, 0) is 14.4 Å². The largest absolute Gasteiger partial charge is 0.497 e. The molecule has 2 aromatic rings. The van der Waals surface area contributed by atoms with Crippen LogP contribution in [0.1, 0.15) is 13.3 Å². The molecule has 0 aliphatic carbocycles. The molecule has 1 aliphatic heterocycles. The Morgan fingerprint density at radius 1 is 1.03 bits per heavy atom. The van der Waals surface area contributed by atoms with Gasteiger partial charge in [-0.05, 0) is 30.3 Å². The monoisotopic (exact) mass is 397 g/mol. The average molecular weight is 397 g/mol. The minimum atomic E-state index is -0.511. The molecule has 1 aliphatic rings. The summed E-state index contributed by atoms with van der Waals surface area (Å²) in [5, 5.41) is 5.48. The van der Waals surface area contributed by atoms with Crippen LogP contribution in [0.3, 0.4) is 0 Å². The fraction of sp³-hybridized carbons (Fsp3) is 0.286. The summed E-state index contributed by atoms with van der Waals surface area (Å²) in [6.07, 6.45) is 0.0948. The molecule has 1 heterocycles. The summed E-state index contributed by atoms with van der Waals surface area (Å²) in [4.78, 5) is 38.0. The zero-order valence-electron chi connectivity index (χ0n) is 16.5. The molecule has 152 valence electrons. The third-order valence-corrected chi connectivity index (χ3v) is 4.62. The summed E-state index contributed by atoms with van der Waals surface area (Å²) < 4.78 is 10.6. The van der Waals surface area contributed by atoms with Crippen molar-refractivity contribution in [2.75, 3.05) is 36.3 Å². The first-order valence-electron chi connectivity index (χ1n) is 9.12. The van der Waals surface area contributed by atoms with E-state index in [0.29, 0.717) is 28.6 Å². The van der Waals surface area contributed by atoms with Gasteiger partial charge < -0.3 is 25.0 Å². The van der Waals surface area contributed by atoms with E-state index in [1.54, 1.807) is 54.5 Å². The molecule has 8 heteroatoms. The molecule has 2 aromatic carbocycles. The number of carbonyl (C=O) groups is 3. The molecular weight excluding hydrogens is 374 g/mol. The van der Waals surface area contributed by atoms with E-state index in [0.717, 1.165) is 0 Å². The molecule has 0 bridgehead atoms. The van der Waals surface area contributed by atoms with E-state index in [1.807, 2.05) is 0 Å². The van der Waals surface area contributed by atoms with Gasteiger partial charge in [-0.15, -0.1) is 0 Å². The molecule has 1 atom stereocenters. The minimum absolute atomic E-state index is 0.0948. The lowest BCUT2D eigenvalue weighted by Gasteiger charge is -2.20. The number of anilines is 3.